The lowest BCUT2D eigenvalue weighted by molar-refractivity contribution is 0.0597. The van der Waals surface area contributed by atoms with Crippen LogP contribution in [0.1, 0.15) is 39.3 Å². The number of rotatable bonds is 4. The zero-order valence-electron chi connectivity index (χ0n) is 15.5. The molecule has 6 heteroatoms. The molecule has 4 rings (SSSR count). The van der Waals surface area contributed by atoms with E-state index in [9.17, 15) is 9.59 Å². The number of amides is 2. The first-order valence-corrected chi connectivity index (χ1v) is 9.64. The van der Waals surface area contributed by atoms with E-state index in [2.05, 4.69) is 4.90 Å². The number of hydrogen-bond donors (Lipinski definition) is 0. The second-order valence-electron chi connectivity index (χ2n) is 7.24. The molecule has 0 radical (unpaired) electrons. The molecule has 0 aliphatic carbocycles. The van der Waals surface area contributed by atoms with Gasteiger partial charge in [-0.3, -0.25) is 14.5 Å². The van der Waals surface area contributed by atoms with Crippen molar-refractivity contribution in [1.82, 2.24) is 14.7 Å². The third-order valence-corrected chi connectivity index (χ3v) is 5.39. The molecule has 2 fully saturated rings. The van der Waals surface area contributed by atoms with Crippen molar-refractivity contribution in [2.75, 3.05) is 39.3 Å². The smallest absolute Gasteiger partial charge is 0.289 e. The highest BCUT2D eigenvalue weighted by Crippen LogP contribution is 2.16. The number of likely N-dealkylation sites (tertiary alicyclic amines) is 1. The maximum atomic E-state index is 12.4. The number of nitrogens with zero attached hydrogens (tertiary/aromatic N) is 3. The molecule has 2 saturated heterocycles. The summed E-state index contributed by atoms with van der Waals surface area (Å²) in [5.41, 5.74) is 1.97. The van der Waals surface area contributed by atoms with Crippen molar-refractivity contribution in [3.8, 4) is 0 Å². The van der Waals surface area contributed by atoms with E-state index in [1.54, 1.807) is 12.1 Å². The molecule has 142 valence electrons. The molecule has 2 aromatic rings. The summed E-state index contributed by atoms with van der Waals surface area (Å²) < 4.78 is 5.20. The molecule has 6 nitrogen and oxygen atoms in total. The van der Waals surface area contributed by atoms with Gasteiger partial charge in [0.05, 0.1) is 6.26 Å². The second kappa shape index (κ2) is 7.96. The Hall–Kier alpha value is -2.60. The number of piperazine rings is 1. The first kappa shape index (κ1) is 17.8. The van der Waals surface area contributed by atoms with E-state index in [-0.39, 0.29) is 11.8 Å². The van der Waals surface area contributed by atoms with Crippen molar-refractivity contribution in [2.24, 2.45) is 0 Å². The van der Waals surface area contributed by atoms with E-state index < -0.39 is 0 Å². The largest absolute Gasteiger partial charge is 0.459 e. The lowest BCUT2D eigenvalue weighted by Gasteiger charge is -2.34. The van der Waals surface area contributed by atoms with Gasteiger partial charge in [-0.2, -0.15) is 0 Å². The van der Waals surface area contributed by atoms with Crippen LogP contribution in [0.4, 0.5) is 0 Å². The van der Waals surface area contributed by atoms with Gasteiger partial charge in [0, 0.05) is 51.4 Å². The fourth-order valence-electron chi connectivity index (χ4n) is 3.78. The molecule has 2 amide bonds. The summed E-state index contributed by atoms with van der Waals surface area (Å²) in [6.45, 7) is 5.65. The van der Waals surface area contributed by atoms with Gasteiger partial charge in [-0.25, -0.2) is 0 Å². The number of carbonyl (C=O) groups is 2. The highest BCUT2D eigenvalue weighted by Gasteiger charge is 2.24. The van der Waals surface area contributed by atoms with Crippen molar-refractivity contribution in [3.05, 3.63) is 59.5 Å². The van der Waals surface area contributed by atoms with E-state index in [0.717, 1.165) is 51.1 Å². The normalized spacial score (nSPS) is 18.1. The third kappa shape index (κ3) is 4.06. The van der Waals surface area contributed by atoms with Gasteiger partial charge < -0.3 is 14.2 Å². The number of carbonyl (C=O) groups excluding carboxylic acids is 2. The molecule has 0 spiro atoms. The quantitative estimate of drug-likeness (QED) is 0.833. The Morgan fingerprint density at radius 2 is 1.48 bits per heavy atom. The summed E-state index contributed by atoms with van der Waals surface area (Å²) in [5, 5.41) is 0. The first-order valence-electron chi connectivity index (χ1n) is 9.64. The standard InChI is InChI=1S/C21H25N3O3/c25-20(23-9-1-2-10-23)18-7-5-17(6-8-18)16-22-11-13-24(14-12-22)21(26)19-4-3-15-27-19/h3-8,15H,1-2,9-14,16H2. The maximum absolute atomic E-state index is 12.4. The Balaban J connectivity index is 1.29. The fourth-order valence-corrected chi connectivity index (χ4v) is 3.78. The van der Waals surface area contributed by atoms with E-state index in [0.29, 0.717) is 18.8 Å². The van der Waals surface area contributed by atoms with Gasteiger partial charge in [-0.1, -0.05) is 12.1 Å². The Bertz CT molecular complexity index is 772. The van der Waals surface area contributed by atoms with Crippen LogP contribution in [0.2, 0.25) is 0 Å². The van der Waals surface area contributed by atoms with Gasteiger partial charge in [0.15, 0.2) is 5.76 Å². The van der Waals surface area contributed by atoms with Crippen molar-refractivity contribution in [1.29, 1.82) is 0 Å². The summed E-state index contributed by atoms with van der Waals surface area (Å²) in [6.07, 6.45) is 3.75. The van der Waals surface area contributed by atoms with Crippen LogP contribution in [0.3, 0.4) is 0 Å². The number of hydrogen-bond acceptors (Lipinski definition) is 4. The summed E-state index contributed by atoms with van der Waals surface area (Å²) in [4.78, 5) is 30.8. The molecule has 1 aromatic heterocycles. The van der Waals surface area contributed by atoms with E-state index >= 15 is 0 Å². The van der Waals surface area contributed by atoms with Crippen LogP contribution >= 0.6 is 0 Å². The molecule has 27 heavy (non-hydrogen) atoms. The SMILES string of the molecule is O=C(c1ccc(CN2CCN(C(=O)c3ccco3)CC2)cc1)N1CCCC1. The second-order valence-corrected chi connectivity index (χ2v) is 7.24. The average molecular weight is 367 g/mol. The zero-order chi connectivity index (χ0) is 18.6. The topological polar surface area (TPSA) is 57.0 Å². The predicted molar refractivity (Wildman–Crippen MR) is 101 cm³/mol. The molecule has 3 heterocycles. The van der Waals surface area contributed by atoms with Crippen LogP contribution in [0.25, 0.3) is 0 Å². The van der Waals surface area contributed by atoms with Crippen molar-refractivity contribution in [2.45, 2.75) is 19.4 Å². The Kier molecular flexibility index (Phi) is 5.25. The molecular weight excluding hydrogens is 342 g/mol. The summed E-state index contributed by atoms with van der Waals surface area (Å²) in [6, 6.07) is 11.4. The molecule has 2 aliphatic heterocycles. The molecule has 0 atom stereocenters. The van der Waals surface area contributed by atoms with Gasteiger partial charge in [0.2, 0.25) is 0 Å². The Labute approximate surface area is 159 Å². The minimum atomic E-state index is -0.0376. The number of furan rings is 1. The van der Waals surface area contributed by atoms with Crippen LogP contribution in [0.5, 0.6) is 0 Å². The summed E-state index contributed by atoms with van der Waals surface area (Å²) in [5.74, 6) is 0.509. The Morgan fingerprint density at radius 3 is 2.11 bits per heavy atom. The van der Waals surface area contributed by atoms with Gasteiger partial charge in [-0.15, -0.1) is 0 Å². The van der Waals surface area contributed by atoms with Gasteiger partial charge in [-0.05, 0) is 42.7 Å². The predicted octanol–water partition coefficient (Wildman–Crippen LogP) is 2.47. The van der Waals surface area contributed by atoms with Crippen molar-refractivity contribution < 1.29 is 14.0 Å². The van der Waals surface area contributed by atoms with Crippen LogP contribution in [-0.2, 0) is 6.54 Å². The van der Waals surface area contributed by atoms with E-state index in [4.69, 9.17) is 4.42 Å². The zero-order valence-corrected chi connectivity index (χ0v) is 15.5. The molecule has 0 saturated carbocycles. The minimum absolute atomic E-state index is 0.0376. The van der Waals surface area contributed by atoms with Crippen LogP contribution in [0.15, 0.2) is 47.1 Å². The third-order valence-electron chi connectivity index (χ3n) is 5.39. The molecule has 2 aliphatic rings. The van der Waals surface area contributed by atoms with Crippen LogP contribution in [0, 0.1) is 0 Å². The van der Waals surface area contributed by atoms with Crippen LogP contribution < -0.4 is 0 Å². The van der Waals surface area contributed by atoms with Crippen molar-refractivity contribution >= 4 is 11.8 Å². The fraction of sp³-hybridized carbons (Fsp3) is 0.429. The van der Waals surface area contributed by atoms with Crippen LogP contribution in [-0.4, -0.2) is 65.8 Å². The number of benzene rings is 1. The van der Waals surface area contributed by atoms with Crippen molar-refractivity contribution in [3.63, 3.8) is 0 Å². The lowest BCUT2D eigenvalue weighted by atomic mass is 10.1. The van der Waals surface area contributed by atoms with Gasteiger partial charge in [0.1, 0.15) is 0 Å². The molecule has 0 bridgehead atoms. The maximum Gasteiger partial charge on any atom is 0.289 e. The average Bonchev–Trinajstić information content (AvgIpc) is 3.42. The van der Waals surface area contributed by atoms with E-state index in [1.807, 2.05) is 34.1 Å². The minimum Gasteiger partial charge on any atom is -0.459 e. The van der Waals surface area contributed by atoms with Gasteiger partial charge >= 0.3 is 0 Å². The molecular formula is C21H25N3O3. The molecule has 1 aromatic carbocycles. The van der Waals surface area contributed by atoms with E-state index in [1.165, 1.54) is 11.8 Å². The highest BCUT2D eigenvalue weighted by atomic mass is 16.3. The lowest BCUT2D eigenvalue weighted by Crippen LogP contribution is -2.48. The summed E-state index contributed by atoms with van der Waals surface area (Å²) in [7, 11) is 0. The monoisotopic (exact) mass is 367 g/mol. The molecule has 0 N–H and O–H groups in total. The highest BCUT2D eigenvalue weighted by molar-refractivity contribution is 5.94. The first-order chi connectivity index (χ1) is 13.2. The molecule has 0 unspecified atom stereocenters. The van der Waals surface area contributed by atoms with Gasteiger partial charge in [0.25, 0.3) is 11.8 Å². The summed E-state index contributed by atoms with van der Waals surface area (Å²) >= 11 is 0. The Morgan fingerprint density at radius 1 is 0.815 bits per heavy atom.